The van der Waals surface area contributed by atoms with Gasteiger partial charge in [-0.15, -0.1) is 11.3 Å². The lowest BCUT2D eigenvalue weighted by Crippen LogP contribution is -2.36. The molecule has 0 aliphatic carbocycles. The highest BCUT2D eigenvalue weighted by molar-refractivity contribution is 7.14. The topological polar surface area (TPSA) is 89.4 Å². The Morgan fingerprint density at radius 2 is 1.88 bits per heavy atom. The van der Waals surface area contributed by atoms with Crippen molar-refractivity contribution in [3.8, 4) is 11.3 Å². The molecule has 3 heterocycles. The molecule has 1 aliphatic heterocycles. The number of hydrogen-bond acceptors (Lipinski definition) is 7. The summed E-state index contributed by atoms with van der Waals surface area (Å²) in [6.45, 7) is 3.19. The molecule has 4 aromatic rings. The number of ether oxygens (including phenoxy) is 1. The Hall–Kier alpha value is -3.56. The first-order valence-electron chi connectivity index (χ1n) is 10.3. The van der Waals surface area contributed by atoms with E-state index < -0.39 is 0 Å². The van der Waals surface area contributed by atoms with Gasteiger partial charge in [0, 0.05) is 35.1 Å². The molecule has 9 heteroatoms. The Morgan fingerprint density at radius 3 is 2.69 bits per heavy atom. The maximum atomic E-state index is 12.6. The minimum absolute atomic E-state index is 0.0114. The van der Waals surface area contributed by atoms with Crippen LogP contribution in [0.25, 0.3) is 22.2 Å². The van der Waals surface area contributed by atoms with Gasteiger partial charge in [-0.2, -0.15) is 5.10 Å². The first kappa shape index (κ1) is 20.3. The van der Waals surface area contributed by atoms with Crippen LogP contribution in [0.1, 0.15) is 0 Å². The lowest BCUT2D eigenvalue weighted by molar-refractivity contribution is -0.116. The van der Waals surface area contributed by atoms with Crippen molar-refractivity contribution < 1.29 is 9.53 Å². The molecule has 0 atom stereocenters. The summed E-state index contributed by atoms with van der Waals surface area (Å²) in [6, 6.07) is 14.7. The van der Waals surface area contributed by atoms with Gasteiger partial charge in [-0.1, -0.05) is 24.3 Å². The molecule has 2 aromatic heterocycles. The number of carbonyl (C=O) groups excluding carboxylic acids is 1. The zero-order valence-corrected chi connectivity index (χ0v) is 18.0. The first-order chi connectivity index (χ1) is 15.7. The number of para-hydroxylation sites is 1. The molecule has 0 bridgehead atoms. The quantitative estimate of drug-likeness (QED) is 0.506. The number of amides is 1. The van der Waals surface area contributed by atoms with Gasteiger partial charge < -0.3 is 15.0 Å². The third-order valence-corrected chi connectivity index (χ3v) is 6.19. The molecule has 8 nitrogen and oxygen atoms in total. The van der Waals surface area contributed by atoms with E-state index in [0.717, 1.165) is 42.7 Å². The number of thiazole rings is 1. The summed E-state index contributed by atoms with van der Waals surface area (Å²) in [7, 11) is 0. The summed E-state index contributed by atoms with van der Waals surface area (Å²) in [5, 5.41) is 10.6. The normalized spacial score (nSPS) is 13.9. The summed E-state index contributed by atoms with van der Waals surface area (Å²) in [4.78, 5) is 31.5. The highest BCUT2D eigenvalue weighted by Crippen LogP contribution is 2.28. The molecular formula is C23H21N5O3S. The van der Waals surface area contributed by atoms with Crippen LogP contribution in [0.2, 0.25) is 0 Å². The van der Waals surface area contributed by atoms with E-state index in [1.54, 1.807) is 29.5 Å². The molecule has 0 radical (unpaired) electrons. The van der Waals surface area contributed by atoms with Crippen molar-refractivity contribution in [1.82, 2.24) is 14.8 Å². The Morgan fingerprint density at radius 1 is 1.09 bits per heavy atom. The number of nitrogens with zero attached hydrogens (tertiary/aromatic N) is 4. The van der Waals surface area contributed by atoms with Crippen LogP contribution in [-0.4, -0.2) is 47.0 Å². The van der Waals surface area contributed by atoms with Crippen LogP contribution in [0.4, 0.5) is 10.8 Å². The monoisotopic (exact) mass is 447 g/mol. The van der Waals surface area contributed by atoms with Crippen molar-refractivity contribution in [2.24, 2.45) is 0 Å². The number of fused-ring (bicyclic) bond motifs is 1. The zero-order valence-electron chi connectivity index (χ0n) is 17.2. The van der Waals surface area contributed by atoms with Crippen LogP contribution in [0.3, 0.4) is 0 Å². The Bertz CT molecular complexity index is 1310. The van der Waals surface area contributed by atoms with E-state index in [1.165, 1.54) is 10.9 Å². The van der Waals surface area contributed by atoms with Crippen LogP contribution in [-0.2, 0) is 16.1 Å². The summed E-state index contributed by atoms with van der Waals surface area (Å²) in [5.41, 5.74) is 3.06. The number of nitrogens with one attached hydrogen (secondary N) is 1. The number of morpholine rings is 1. The van der Waals surface area contributed by atoms with Gasteiger partial charge in [0.15, 0.2) is 5.13 Å². The molecule has 0 unspecified atom stereocenters. The number of carbonyl (C=O) groups is 1. The Labute approximate surface area is 188 Å². The van der Waals surface area contributed by atoms with E-state index in [0.29, 0.717) is 16.6 Å². The molecule has 5 rings (SSSR count). The van der Waals surface area contributed by atoms with Crippen molar-refractivity contribution >= 4 is 39.0 Å². The fourth-order valence-electron chi connectivity index (χ4n) is 3.64. The van der Waals surface area contributed by atoms with Crippen LogP contribution in [0.15, 0.2) is 64.9 Å². The molecule has 0 saturated carbocycles. The second-order valence-electron chi connectivity index (χ2n) is 7.42. The van der Waals surface area contributed by atoms with Crippen molar-refractivity contribution in [3.05, 3.63) is 70.3 Å². The minimum Gasteiger partial charge on any atom is -0.378 e. The zero-order chi connectivity index (χ0) is 21.9. The number of benzene rings is 2. The summed E-state index contributed by atoms with van der Waals surface area (Å²) in [5.74, 6) is -0.220. The van der Waals surface area contributed by atoms with Gasteiger partial charge in [0.25, 0.3) is 0 Å². The SMILES string of the molecule is O=C(Cn1ncc(=O)c2ccccc21)Nc1ccc(-c2csc(N3CCOCC3)n2)cc1. The average Bonchev–Trinajstić information content (AvgIpc) is 3.33. The van der Waals surface area contributed by atoms with E-state index in [2.05, 4.69) is 15.3 Å². The molecule has 2 aromatic carbocycles. The largest absolute Gasteiger partial charge is 0.378 e. The smallest absolute Gasteiger partial charge is 0.246 e. The number of rotatable bonds is 5. The van der Waals surface area contributed by atoms with E-state index >= 15 is 0 Å². The highest BCUT2D eigenvalue weighted by atomic mass is 32.1. The Balaban J connectivity index is 1.26. The van der Waals surface area contributed by atoms with E-state index in [1.807, 2.05) is 35.7 Å². The van der Waals surface area contributed by atoms with Gasteiger partial charge in [0.05, 0.1) is 30.6 Å². The second kappa shape index (κ2) is 8.89. The number of hydrogen-bond donors (Lipinski definition) is 1. The van der Waals surface area contributed by atoms with Crippen LogP contribution < -0.4 is 15.6 Å². The van der Waals surface area contributed by atoms with Crippen molar-refractivity contribution in [3.63, 3.8) is 0 Å². The predicted molar refractivity (Wildman–Crippen MR) is 125 cm³/mol. The fourth-order valence-corrected chi connectivity index (χ4v) is 4.53. The lowest BCUT2D eigenvalue weighted by Gasteiger charge is -2.26. The van der Waals surface area contributed by atoms with Crippen LogP contribution in [0, 0.1) is 0 Å². The molecule has 162 valence electrons. The molecular weight excluding hydrogens is 426 g/mol. The Kier molecular flexibility index (Phi) is 5.66. The molecule has 1 N–H and O–H groups in total. The van der Waals surface area contributed by atoms with Crippen LogP contribution >= 0.6 is 11.3 Å². The van der Waals surface area contributed by atoms with Crippen molar-refractivity contribution in [2.75, 3.05) is 36.5 Å². The van der Waals surface area contributed by atoms with Crippen LogP contribution in [0.5, 0.6) is 0 Å². The summed E-state index contributed by atoms with van der Waals surface area (Å²) in [6.07, 6.45) is 1.24. The molecule has 1 saturated heterocycles. The number of anilines is 2. The van der Waals surface area contributed by atoms with E-state index in [-0.39, 0.29) is 17.9 Å². The van der Waals surface area contributed by atoms with Gasteiger partial charge in [-0.05, 0) is 24.3 Å². The lowest BCUT2D eigenvalue weighted by atomic mass is 10.1. The molecule has 32 heavy (non-hydrogen) atoms. The third-order valence-electron chi connectivity index (χ3n) is 5.29. The minimum atomic E-state index is -0.220. The predicted octanol–water partition coefficient (Wildman–Crippen LogP) is 3.00. The van der Waals surface area contributed by atoms with Crippen molar-refractivity contribution in [1.29, 1.82) is 0 Å². The number of aromatic nitrogens is 3. The van der Waals surface area contributed by atoms with Gasteiger partial charge in [0.2, 0.25) is 11.3 Å². The molecule has 1 fully saturated rings. The first-order valence-corrected chi connectivity index (χ1v) is 11.2. The van der Waals surface area contributed by atoms with E-state index in [4.69, 9.17) is 9.72 Å². The maximum absolute atomic E-state index is 12.6. The van der Waals surface area contributed by atoms with Gasteiger partial charge in [-0.3, -0.25) is 14.3 Å². The summed E-state index contributed by atoms with van der Waals surface area (Å²) < 4.78 is 6.93. The third kappa shape index (κ3) is 4.25. The van der Waals surface area contributed by atoms with Gasteiger partial charge >= 0.3 is 0 Å². The highest BCUT2D eigenvalue weighted by Gasteiger charge is 2.15. The molecule has 0 spiro atoms. The van der Waals surface area contributed by atoms with E-state index in [9.17, 15) is 9.59 Å². The van der Waals surface area contributed by atoms with Gasteiger partial charge in [-0.25, -0.2) is 4.98 Å². The van der Waals surface area contributed by atoms with Crippen molar-refractivity contribution in [2.45, 2.75) is 6.54 Å². The average molecular weight is 448 g/mol. The van der Waals surface area contributed by atoms with Gasteiger partial charge in [0.1, 0.15) is 6.54 Å². The molecule has 1 aliphatic rings. The standard InChI is InChI=1S/C23H21N5O3S/c29-21-13-24-28(20-4-2-1-3-18(20)21)14-22(30)25-17-7-5-16(6-8-17)19-15-32-23(26-19)27-9-11-31-12-10-27/h1-8,13,15H,9-12,14H2,(H,25,30). The fraction of sp³-hybridized carbons (Fsp3) is 0.217. The molecule has 1 amide bonds. The second-order valence-corrected chi connectivity index (χ2v) is 8.26. The summed E-state index contributed by atoms with van der Waals surface area (Å²) >= 11 is 1.63. The maximum Gasteiger partial charge on any atom is 0.246 e.